The molecule has 31 heavy (non-hydrogen) atoms. The van der Waals surface area contributed by atoms with Crippen molar-refractivity contribution in [1.29, 1.82) is 0 Å². The van der Waals surface area contributed by atoms with Gasteiger partial charge in [0.15, 0.2) is 0 Å². The van der Waals surface area contributed by atoms with Gasteiger partial charge in [-0.15, -0.1) is 0 Å². The SMILES string of the molecule is Fc1ccc(CNSN2CCOC(C(c3ccc(F)cc3)c3ccc(F)cc3)C2)cc1. The van der Waals surface area contributed by atoms with Gasteiger partial charge in [0.2, 0.25) is 0 Å². The van der Waals surface area contributed by atoms with Crippen LogP contribution in [0.3, 0.4) is 0 Å². The zero-order chi connectivity index (χ0) is 21.6. The van der Waals surface area contributed by atoms with Gasteiger partial charge >= 0.3 is 0 Å². The summed E-state index contributed by atoms with van der Waals surface area (Å²) in [4.78, 5) is 0. The van der Waals surface area contributed by atoms with Crippen LogP contribution in [0.1, 0.15) is 22.6 Å². The molecular formula is C24H23F3N2OS. The minimum atomic E-state index is -0.298. The fourth-order valence-electron chi connectivity index (χ4n) is 3.71. The highest BCUT2D eigenvalue weighted by molar-refractivity contribution is 7.95. The first-order valence-electron chi connectivity index (χ1n) is 10.1. The molecule has 0 radical (unpaired) electrons. The highest BCUT2D eigenvalue weighted by Crippen LogP contribution is 2.33. The highest BCUT2D eigenvalue weighted by atomic mass is 32.2. The summed E-state index contributed by atoms with van der Waals surface area (Å²) in [7, 11) is 0. The lowest BCUT2D eigenvalue weighted by Gasteiger charge is -2.36. The summed E-state index contributed by atoms with van der Waals surface area (Å²) in [6.07, 6.45) is -0.176. The Morgan fingerprint density at radius 2 is 1.35 bits per heavy atom. The number of morpholine rings is 1. The predicted octanol–water partition coefficient (Wildman–Crippen LogP) is 5.29. The molecule has 162 valence electrons. The lowest BCUT2D eigenvalue weighted by Crippen LogP contribution is -2.43. The Morgan fingerprint density at radius 1 is 0.839 bits per heavy atom. The number of ether oxygens (including phenoxy) is 1. The minimum absolute atomic E-state index is 0.151. The molecular weight excluding hydrogens is 421 g/mol. The van der Waals surface area contributed by atoms with Gasteiger partial charge in [0.05, 0.1) is 12.7 Å². The third-order valence-electron chi connectivity index (χ3n) is 5.27. The van der Waals surface area contributed by atoms with Crippen molar-refractivity contribution in [2.45, 2.75) is 18.6 Å². The quantitative estimate of drug-likeness (QED) is 0.501. The fraction of sp³-hybridized carbons (Fsp3) is 0.250. The van der Waals surface area contributed by atoms with E-state index < -0.39 is 0 Å². The van der Waals surface area contributed by atoms with Crippen LogP contribution < -0.4 is 4.72 Å². The average Bonchev–Trinajstić information content (AvgIpc) is 2.78. The Balaban J connectivity index is 1.45. The lowest BCUT2D eigenvalue weighted by molar-refractivity contribution is -0.00725. The molecule has 3 nitrogen and oxygen atoms in total. The van der Waals surface area contributed by atoms with Gasteiger partial charge in [0.1, 0.15) is 17.5 Å². The molecule has 7 heteroatoms. The Kier molecular flexibility index (Phi) is 7.29. The maximum absolute atomic E-state index is 13.5. The number of rotatable bonds is 7. The first kappa shape index (κ1) is 21.9. The number of hydrogen-bond donors (Lipinski definition) is 1. The monoisotopic (exact) mass is 444 g/mol. The Hall–Kier alpha value is -2.32. The zero-order valence-corrected chi connectivity index (χ0v) is 17.6. The number of nitrogens with zero attached hydrogens (tertiary/aromatic N) is 1. The largest absolute Gasteiger partial charge is 0.374 e. The van der Waals surface area contributed by atoms with E-state index in [-0.39, 0.29) is 29.5 Å². The van der Waals surface area contributed by atoms with Gasteiger partial charge in [0.25, 0.3) is 0 Å². The first-order chi connectivity index (χ1) is 15.1. The van der Waals surface area contributed by atoms with Gasteiger partial charge in [-0.05, 0) is 53.1 Å². The van der Waals surface area contributed by atoms with Crippen molar-refractivity contribution in [2.24, 2.45) is 0 Å². The van der Waals surface area contributed by atoms with Gasteiger partial charge in [0, 0.05) is 37.7 Å². The van der Waals surface area contributed by atoms with Crippen LogP contribution in [0.25, 0.3) is 0 Å². The summed E-state index contributed by atoms with van der Waals surface area (Å²) in [5.74, 6) is -0.997. The molecule has 1 unspecified atom stereocenters. The van der Waals surface area contributed by atoms with Crippen molar-refractivity contribution in [3.8, 4) is 0 Å². The van der Waals surface area contributed by atoms with Crippen LogP contribution in [0.2, 0.25) is 0 Å². The van der Waals surface area contributed by atoms with Crippen LogP contribution in [0.4, 0.5) is 13.2 Å². The number of halogens is 3. The first-order valence-corrected chi connectivity index (χ1v) is 10.9. The van der Waals surface area contributed by atoms with E-state index in [1.54, 1.807) is 36.4 Å². The molecule has 1 fully saturated rings. The maximum Gasteiger partial charge on any atom is 0.123 e. The average molecular weight is 445 g/mol. The van der Waals surface area contributed by atoms with Crippen LogP contribution >= 0.6 is 12.1 Å². The van der Waals surface area contributed by atoms with Gasteiger partial charge in [-0.25, -0.2) is 22.2 Å². The van der Waals surface area contributed by atoms with Crippen LogP contribution in [0.15, 0.2) is 72.8 Å². The second-order valence-corrected chi connectivity index (χ2v) is 8.40. The molecule has 0 aliphatic carbocycles. The summed E-state index contributed by atoms with van der Waals surface area (Å²) in [5, 5.41) is 0. The molecule has 4 rings (SSSR count). The van der Waals surface area contributed by atoms with E-state index in [1.165, 1.54) is 48.5 Å². The molecule has 1 aliphatic heterocycles. The number of nitrogens with one attached hydrogen (secondary N) is 1. The van der Waals surface area contributed by atoms with Gasteiger partial charge in [-0.3, -0.25) is 0 Å². The summed E-state index contributed by atoms with van der Waals surface area (Å²) in [6, 6.07) is 19.2. The van der Waals surface area contributed by atoms with E-state index in [0.29, 0.717) is 19.7 Å². The van der Waals surface area contributed by atoms with Crippen molar-refractivity contribution < 1.29 is 17.9 Å². The molecule has 1 saturated heterocycles. The summed E-state index contributed by atoms with van der Waals surface area (Å²) in [6.45, 7) is 2.54. The topological polar surface area (TPSA) is 24.5 Å². The van der Waals surface area contributed by atoms with E-state index in [4.69, 9.17) is 4.74 Å². The van der Waals surface area contributed by atoms with Crippen LogP contribution in [-0.4, -0.2) is 30.1 Å². The summed E-state index contributed by atoms with van der Waals surface area (Å²) < 4.78 is 51.6. The molecule has 0 spiro atoms. The summed E-state index contributed by atoms with van der Waals surface area (Å²) >= 11 is 1.50. The van der Waals surface area contributed by atoms with Crippen molar-refractivity contribution in [1.82, 2.24) is 9.03 Å². The van der Waals surface area contributed by atoms with Crippen LogP contribution in [0.5, 0.6) is 0 Å². The third-order valence-corrected chi connectivity index (χ3v) is 6.13. The van der Waals surface area contributed by atoms with E-state index in [0.717, 1.165) is 23.2 Å². The molecule has 3 aromatic carbocycles. The zero-order valence-electron chi connectivity index (χ0n) is 16.8. The second-order valence-electron chi connectivity index (χ2n) is 7.42. The minimum Gasteiger partial charge on any atom is -0.374 e. The van der Waals surface area contributed by atoms with Crippen molar-refractivity contribution in [3.63, 3.8) is 0 Å². The Morgan fingerprint density at radius 3 is 1.90 bits per heavy atom. The van der Waals surface area contributed by atoms with Crippen molar-refractivity contribution in [3.05, 3.63) is 107 Å². The van der Waals surface area contributed by atoms with Crippen molar-refractivity contribution >= 4 is 12.1 Å². The lowest BCUT2D eigenvalue weighted by atomic mass is 9.86. The normalized spacial score (nSPS) is 17.2. The number of benzene rings is 3. The fourth-order valence-corrected chi connectivity index (χ4v) is 4.51. The van der Waals surface area contributed by atoms with E-state index >= 15 is 0 Å². The summed E-state index contributed by atoms with van der Waals surface area (Å²) in [5.41, 5.74) is 2.84. The number of hydrogen-bond acceptors (Lipinski definition) is 4. The smallest absolute Gasteiger partial charge is 0.123 e. The van der Waals surface area contributed by atoms with Gasteiger partial charge in [-0.1, -0.05) is 36.4 Å². The standard InChI is InChI=1S/C24H23F3N2OS/c25-20-7-1-17(2-8-20)15-28-31-29-13-14-30-23(16-29)24(18-3-9-21(26)10-4-18)19-5-11-22(27)12-6-19/h1-12,23-24,28H,13-16H2. The molecule has 0 amide bonds. The van der Waals surface area contributed by atoms with Crippen LogP contribution in [0, 0.1) is 17.5 Å². The van der Waals surface area contributed by atoms with E-state index in [1.807, 2.05) is 0 Å². The molecule has 3 aromatic rings. The van der Waals surface area contributed by atoms with Gasteiger partial charge in [-0.2, -0.15) is 0 Å². The molecule has 1 aliphatic rings. The predicted molar refractivity (Wildman–Crippen MR) is 117 cm³/mol. The molecule has 1 atom stereocenters. The van der Waals surface area contributed by atoms with E-state index in [9.17, 15) is 13.2 Å². The molecule has 0 saturated carbocycles. The Bertz CT molecular complexity index is 922. The van der Waals surface area contributed by atoms with Gasteiger partial charge < -0.3 is 4.74 Å². The third kappa shape index (κ3) is 5.89. The molecule has 1 heterocycles. The maximum atomic E-state index is 13.5. The molecule has 0 bridgehead atoms. The van der Waals surface area contributed by atoms with Crippen LogP contribution in [-0.2, 0) is 11.3 Å². The second kappa shape index (κ2) is 10.3. The molecule has 0 aromatic heterocycles. The Labute approximate surface area is 184 Å². The van der Waals surface area contributed by atoms with Crippen molar-refractivity contribution in [2.75, 3.05) is 19.7 Å². The van der Waals surface area contributed by atoms with E-state index in [2.05, 4.69) is 9.03 Å². The highest BCUT2D eigenvalue weighted by Gasteiger charge is 2.31. The molecule has 1 N–H and O–H groups in total.